The molecule has 4 rings (SSSR count). The molecule has 2 aromatic carbocycles. The third-order valence-corrected chi connectivity index (χ3v) is 4.50. The molecule has 0 unspecified atom stereocenters. The van der Waals surface area contributed by atoms with Gasteiger partial charge in [-0.25, -0.2) is 4.39 Å². The maximum absolute atomic E-state index is 13.6. The Morgan fingerprint density at radius 2 is 1.96 bits per heavy atom. The average Bonchev–Trinajstić information content (AvgIpc) is 3.05. The van der Waals surface area contributed by atoms with Crippen molar-refractivity contribution in [3.63, 3.8) is 0 Å². The summed E-state index contributed by atoms with van der Waals surface area (Å²) in [5, 5.41) is 5.13. The van der Waals surface area contributed by atoms with Gasteiger partial charge in [0.15, 0.2) is 0 Å². The lowest BCUT2D eigenvalue weighted by molar-refractivity contribution is -0.118. The van der Waals surface area contributed by atoms with Gasteiger partial charge in [-0.1, -0.05) is 12.1 Å². The number of hydrogen-bond donors (Lipinski definition) is 1. The monoisotopic (exact) mass is 360 g/mol. The van der Waals surface area contributed by atoms with Crippen LogP contribution in [0.1, 0.15) is 5.56 Å². The van der Waals surface area contributed by atoms with Crippen molar-refractivity contribution < 1.29 is 9.18 Å². The lowest BCUT2D eigenvalue weighted by atomic mass is 9.97. The fraction of sp³-hybridized carbons (Fsp3) is 0.0952. The van der Waals surface area contributed by atoms with Crippen LogP contribution in [0.4, 0.5) is 4.39 Å². The van der Waals surface area contributed by atoms with E-state index in [1.165, 1.54) is 6.07 Å². The van der Waals surface area contributed by atoms with E-state index in [-0.39, 0.29) is 12.4 Å². The summed E-state index contributed by atoms with van der Waals surface area (Å²) in [4.78, 5) is 15.7. The summed E-state index contributed by atoms with van der Waals surface area (Å²) in [6, 6.07) is 14.7. The SMILES string of the molecule is Cc1cc(-c2ncccc2-c2ccc3c(cnn3CC(N)=O)c2)ccc1F. The summed E-state index contributed by atoms with van der Waals surface area (Å²) < 4.78 is 15.2. The van der Waals surface area contributed by atoms with Crippen molar-refractivity contribution in [1.29, 1.82) is 0 Å². The first-order valence-electron chi connectivity index (χ1n) is 8.49. The summed E-state index contributed by atoms with van der Waals surface area (Å²) in [6.07, 6.45) is 3.43. The van der Waals surface area contributed by atoms with Gasteiger partial charge in [-0.05, 0) is 54.4 Å². The number of carbonyl (C=O) groups excluding carboxylic acids is 1. The molecule has 6 heteroatoms. The highest BCUT2D eigenvalue weighted by Gasteiger charge is 2.12. The topological polar surface area (TPSA) is 73.8 Å². The number of aryl methyl sites for hydroxylation is 1. The Morgan fingerprint density at radius 3 is 2.74 bits per heavy atom. The van der Waals surface area contributed by atoms with Crippen LogP contribution in [-0.2, 0) is 11.3 Å². The number of pyridine rings is 1. The van der Waals surface area contributed by atoms with Crippen LogP contribution in [0, 0.1) is 12.7 Å². The van der Waals surface area contributed by atoms with Gasteiger partial charge in [-0.3, -0.25) is 14.5 Å². The largest absolute Gasteiger partial charge is 0.368 e. The number of carbonyl (C=O) groups is 1. The molecule has 0 spiro atoms. The fourth-order valence-electron chi connectivity index (χ4n) is 3.19. The summed E-state index contributed by atoms with van der Waals surface area (Å²) >= 11 is 0. The molecule has 4 aromatic rings. The Morgan fingerprint density at radius 1 is 1.15 bits per heavy atom. The Labute approximate surface area is 155 Å². The minimum absolute atomic E-state index is 0.0375. The van der Waals surface area contributed by atoms with Gasteiger partial charge in [0.05, 0.1) is 17.4 Å². The maximum Gasteiger partial charge on any atom is 0.239 e. The molecule has 0 aliphatic heterocycles. The number of fused-ring (bicyclic) bond motifs is 1. The average molecular weight is 360 g/mol. The van der Waals surface area contributed by atoms with Gasteiger partial charge in [0, 0.05) is 22.7 Å². The molecule has 2 N–H and O–H groups in total. The Bertz CT molecular complexity index is 1170. The van der Waals surface area contributed by atoms with Crippen LogP contribution < -0.4 is 5.73 Å². The standard InChI is InChI=1S/C21H17FN4O/c1-13-9-15(4-6-18(13)22)21-17(3-2-8-24-21)14-5-7-19-16(10-14)11-25-26(19)12-20(23)27/h2-11H,12H2,1H3,(H2,23,27). The Hall–Kier alpha value is -3.54. The highest BCUT2D eigenvalue weighted by Crippen LogP contribution is 2.32. The predicted octanol–water partition coefficient (Wildman–Crippen LogP) is 3.70. The molecule has 0 aliphatic carbocycles. The van der Waals surface area contributed by atoms with Crippen LogP contribution in [0.5, 0.6) is 0 Å². The van der Waals surface area contributed by atoms with Crippen molar-refractivity contribution in [2.24, 2.45) is 5.73 Å². The second-order valence-corrected chi connectivity index (χ2v) is 6.41. The van der Waals surface area contributed by atoms with E-state index in [0.717, 1.165) is 33.3 Å². The summed E-state index contributed by atoms with van der Waals surface area (Å²) in [5.41, 5.74) is 10.2. The molecule has 0 saturated carbocycles. The van der Waals surface area contributed by atoms with Crippen molar-refractivity contribution in [2.45, 2.75) is 13.5 Å². The molecule has 0 radical (unpaired) electrons. The van der Waals surface area contributed by atoms with Crippen LogP contribution >= 0.6 is 0 Å². The van der Waals surface area contributed by atoms with Crippen molar-refractivity contribution in [3.05, 3.63) is 72.3 Å². The minimum atomic E-state index is -0.440. The van der Waals surface area contributed by atoms with E-state index in [1.54, 1.807) is 36.1 Å². The van der Waals surface area contributed by atoms with Crippen LogP contribution in [-0.4, -0.2) is 20.7 Å². The van der Waals surface area contributed by atoms with Gasteiger partial charge in [0.2, 0.25) is 5.91 Å². The molecule has 1 amide bonds. The second-order valence-electron chi connectivity index (χ2n) is 6.41. The number of hydrogen-bond acceptors (Lipinski definition) is 3. The Kier molecular flexibility index (Phi) is 4.16. The van der Waals surface area contributed by atoms with E-state index in [0.29, 0.717) is 5.56 Å². The van der Waals surface area contributed by atoms with Gasteiger partial charge in [-0.15, -0.1) is 0 Å². The van der Waals surface area contributed by atoms with Crippen LogP contribution in [0.3, 0.4) is 0 Å². The summed E-state index contributed by atoms with van der Waals surface area (Å²) in [5.74, 6) is -0.676. The van der Waals surface area contributed by atoms with Crippen molar-refractivity contribution in [1.82, 2.24) is 14.8 Å². The molecule has 0 saturated heterocycles. The first-order valence-corrected chi connectivity index (χ1v) is 8.49. The second kappa shape index (κ2) is 6.64. The summed E-state index contributed by atoms with van der Waals surface area (Å²) in [6.45, 7) is 1.77. The number of amides is 1. The molecule has 5 nitrogen and oxygen atoms in total. The van der Waals surface area contributed by atoms with Gasteiger partial charge in [0.25, 0.3) is 0 Å². The van der Waals surface area contributed by atoms with E-state index >= 15 is 0 Å². The van der Waals surface area contributed by atoms with E-state index in [2.05, 4.69) is 10.1 Å². The van der Waals surface area contributed by atoms with Crippen LogP contribution in [0.25, 0.3) is 33.3 Å². The lowest BCUT2D eigenvalue weighted by Crippen LogP contribution is -2.19. The number of nitrogens with two attached hydrogens (primary N) is 1. The molecule has 134 valence electrons. The molecule has 0 fully saturated rings. The van der Waals surface area contributed by atoms with Crippen LogP contribution in [0.2, 0.25) is 0 Å². The smallest absolute Gasteiger partial charge is 0.239 e. The maximum atomic E-state index is 13.6. The number of halogens is 1. The van der Waals surface area contributed by atoms with E-state index in [9.17, 15) is 9.18 Å². The van der Waals surface area contributed by atoms with Crippen molar-refractivity contribution in [2.75, 3.05) is 0 Å². The van der Waals surface area contributed by atoms with E-state index < -0.39 is 5.91 Å². The van der Waals surface area contributed by atoms with Gasteiger partial charge in [-0.2, -0.15) is 5.10 Å². The number of benzene rings is 2. The first kappa shape index (κ1) is 16.9. The zero-order chi connectivity index (χ0) is 19.0. The normalized spacial score (nSPS) is 11.0. The quantitative estimate of drug-likeness (QED) is 0.603. The fourth-order valence-corrected chi connectivity index (χ4v) is 3.19. The number of nitrogens with zero attached hydrogens (tertiary/aromatic N) is 3. The molecule has 27 heavy (non-hydrogen) atoms. The number of aromatic nitrogens is 3. The molecule has 0 atom stereocenters. The van der Waals surface area contributed by atoms with Gasteiger partial charge < -0.3 is 5.73 Å². The minimum Gasteiger partial charge on any atom is -0.368 e. The molecule has 2 heterocycles. The summed E-state index contributed by atoms with van der Waals surface area (Å²) in [7, 11) is 0. The molecule has 0 bridgehead atoms. The van der Waals surface area contributed by atoms with Crippen molar-refractivity contribution >= 4 is 16.8 Å². The number of primary amides is 1. The molecular weight excluding hydrogens is 343 g/mol. The highest BCUT2D eigenvalue weighted by molar-refractivity contribution is 5.89. The van der Waals surface area contributed by atoms with Crippen molar-refractivity contribution in [3.8, 4) is 22.4 Å². The van der Waals surface area contributed by atoms with Gasteiger partial charge in [0.1, 0.15) is 12.4 Å². The Balaban J connectivity index is 1.82. The van der Waals surface area contributed by atoms with E-state index in [4.69, 9.17) is 5.73 Å². The first-order chi connectivity index (χ1) is 13.0. The van der Waals surface area contributed by atoms with E-state index in [1.807, 2.05) is 30.3 Å². The van der Waals surface area contributed by atoms with Gasteiger partial charge >= 0.3 is 0 Å². The predicted molar refractivity (Wildman–Crippen MR) is 102 cm³/mol. The third kappa shape index (κ3) is 3.17. The third-order valence-electron chi connectivity index (χ3n) is 4.50. The lowest BCUT2D eigenvalue weighted by Gasteiger charge is -2.10. The zero-order valence-corrected chi connectivity index (χ0v) is 14.7. The molecule has 0 aliphatic rings. The molecular formula is C21H17FN4O. The number of rotatable bonds is 4. The highest BCUT2D eigenvalue weighted by atomic mass is 19.1. The van der Waals surface area contributed by atoms with Crippen LogP contribution in [0.15, 0.2) is 60.9 Å². The molecule has 2 aromatic heterocycles. The zero-order valence-electron chi connectivity index (χ0n) is 14.7.